The summed E-state index contributed by atoms with van der Waals surface area (Å²) in [4.78, 5) is 13.6. The van der Waals surface area contributed by atoms with Crippen LogP contribution in [0.25, 0.3) is 0 Å². The average Bonchev–Trinajstić information content (AvgIpc) is 2.64. The van der Waals surface area contributed by atoms with Gasteiger partial charge >= 0.3 is 0 Å². The SMILES string of the molecule is NC1CCN(C(=O)c2ccc(F)cc2Cl)C1. The first-order chi connectivity index (χ1) is 7.58. The largest absolute Gasteiger partial charge is 0.337 e. The number of benzene rings is 1. The van der Waals surface area contributed by atoms with Gasteiger partial charge in [-0.25, -0.2) is 4.39 Å². The minimum absolute atomic E-state index is 0.0307. The normalized spacial score (nSPS) is 20.2. The van der Waals surface area contributed by atoms with Gasteiger partial charge in [-0.15, -0.1) is 0 Å². The zero-order valence-corrected chi connectivity index (χ0v) is 9.38. The molecule has 1 heterocycles. The average molecular weight is 243 g/mol. The minimum atomic E-state index is -0.445. The fraction of sp³-hybridized carbons (Fsp3) is 0.364. The number of amides is 1. The van der Waals surface area contributed by atoms with Gasteiger partial charge in [0.2, 0.25) is 0 Å². The molecule has 86 valence electrons. The molecule has 1 aliphatic rings. The van der Waals surface area contributed by atoms with Crippen LogP contribution in [0, 0.1) is 5.82 Å². The van der Waals surface area contributed by atoms with Gasteiger partial charge in [-0.2, -0.15) is 0 Å². The summed E-state index contributed by atoms with van der Waals surface area (Å²) in [7, 11) is 0. The molecule has 1 fully saturated rings. The Hall–Kier alpha value is -1.13. The number of hydrogen-bond acceptors (Lipinski definition) is 2. The van der Waals surface area contributed by atoms with Gasteiger partial charge in [0.1, 0.15) is 5.82 Å². The smallest absolute Gasteiger partial charge is 0.255 e. The second-order valence-electron chi connectivity index (χ2n) is 3.92. The maximum Gasteiger partial charge on any atom is 0.255 e. The first kappa shape index (κ1) is 11.4. The van der Waals surface area contributed by atoms with Crippen molar-refractivity contribution in [2.75, 3.05) is 13.1 Å². The van der Waals surface area contributed by atoms with Crippen molar-refractivity contribution in [1.82, 2.24) is 4.90 Å². The molecular weight excluding hydrogens is 231 g/mol. The number of nitrogens with zero attached hydrogens (tertiary/aromatic N) is 1. The van der Waals surface area contributed by atoms with Crippen LogP contribution in [0.4, 0.5) is 4.39 Å². The van der Waals surface area contributed by atoms with Crippen molar-refractivity contribution in [2.24, 2.45) is 5.73 Å². The van der Waals surface area contributed by atoms with Gasteiger partial charge in [0.05, 0.1) is 10.6 Å². The molecule has 0 aliphatic carbocycles. The maximum atomic E-state index is 12.8. The van der Waals surface area contributed by atoms with Crippen LogP contribution in [0.2, 0.25) is 5.02 Å². The molecule has 1 aliphatic heterocycles. The van der Waals surface area contributed by atoms with E-state index in [9.17, 15) is 9.18 Å². The summed E-state index contributed by atoms with van der Waals surface area (Å²) < 4.78 is 12.8. The molecule has 1 atom stereocenters. The molecule has 1 aromatic carbocycles. The fourth-order valence-electron chi connectivity index (χ4n) is 1.81. The Bertz CT molecular complexity index is 424. The van der Waals surface area contributed by atoms with E-state index in [1.54, 1.807) is 4.90 Å². The van der Waals surface area contributed by atoms with Crippen molar-refractivity contribution in [3.05, 3.63) is 34.6 Å². The molecule has 1 amide bonds. The third-order valence-electron chi connectivity index (χ3n) is 2.67. The van der Waals surface area contributed by atoms with E-state index in [1.165, 1.54) is 12.1 Å². The Morgan fingerprint density at radius 3 is 2.88 bits per heavy atom. The highest BCUT2D eigenvalue weighted by molar-refractivity contribution is 6.33. The molecule has 0 aromatic heterocycles. The number of carbonyl (C=O) groups excluding carboxylic acids is 1. The summed E-state index contributed by atoms with van der Waals surface area (Å²) >= 11 is 5.82. The molecule has 3 nitrogen and oxygen atoms in total. The van der Waals surface area contributed by atoms with Gasteiger partial charge < -0.3 is 10.6 Å². The van der Waals surface area contributed by atoms with Crippen molar-refractivity contribution in [2.45, 2.75) is 12.5 Å². The van der Waals surface area contributed by atoms with E-state index in [4.69, 9.17) is 17.3 Å². The highest BCUT2D eigenvalue weighted by Gasteiger charge is 2.25. The lowest BCUT2D eigenvalue weighted by Crippen LogP contribution is -2.32. The Balaban J connectivity index is 2.21. The Morgan fingerprint density at radius 2 is 2.31 bits per heavy atom. The number of likely N-dealkylation sites (tertiary alicyclic amines) is 1. The van der Waals surface area contributed by atoms with E-state index in [0.717, 1.165) is 12.5 Å². The number of hydrogen-bond donors (Lipinski definition) is 1. The molecule has 1 saturated heterocycles. The Labute approximate surface area is 98.0 Å². The number of carbonyl (C=O) groups is 1. The fourth-order valence-corrected chi connectivity index (χ4v) is 2.05. The summed E-state index contributed by atoms with van der Waals surface area (Å²) in [6.07, 6.45) is 0.796. The van der Waals surface area contributed by atoms with Crippen molar-refractivity contribution in [3.63, 3.8) is 0 Å². The lowest BCUT2D eigenvalue weighted by atomic mass is 10.2. The van der Waals surface area contributed by atoms with Gasteiger partial charge in [-0.05, 0) is 24.6 Å². The molecule has 2 rings (SSSR count). The first-order valence-corrected chi connectivity index (χ1v) is 5.45. The second-order valence-corrected chi connectivity index (χ2v) is 4.33. The highest BCUT2D eigenvalue weighted by Crippen LogP contribution is 2.20. The summed E-state index contributed by atoms with van der Waals surface area (Å²) in [6.45, 7) is 1.17. The Morgan fingerprint density at radius 1 is 1.56 bits per heavy atom. The quantitative estimate of drug-likeness (QED) is 0.814. The van der Waals surface area contributed by atoms with Crippen LogP contribution in [0.3, 0.4) is 0 Å². The van der Waals surface area contributed by atoms with E-state index in [2.05, 4.69) is 0 Å². The molecular formula is C11H12ClFN2O. The topological polar surface area (TPSA) is 46.3 Å². The molecule has 5 heteroatoms. The van der Waals surface area contributed by atoms with Gasteiger partial charge in [-0.3, -0.25) is 4.79 Å². The third kappa shape index (κ3) is 2.18. The van der Waals surface area contributed by atoms with Crippen LogP contribution in [0.1, 0.15) is 16.8 Å². The van der Waals surface area contributed by atoms with E-state index < -0.39 is 5.82 Å². The molecule has 1 unspecified atom stereocenters. The second kappa shape index (κ2) is 4.39. The minimum Gasteiger partial charge on any atom is -0.337 e. The van der Waals surface area contributed by atoms with Crippen LogP contribution in [0.5, 0.6) is 0 Å². The predicted molar refractivity (Wildman–Crippen MR) is 59.9 cm³/mol. The molecule has 1 aromatic rings. The summed E-state index contributed by atoms with van der Waals surface area (Å²) in [5.74, 6) is -0.627. The van der Waals surface area contributed by atoms with Crippen molar-refractivity contribution >= 4 is 17.5 Å². The zero-order valence-electron chi connectivity index (χ0n) is 8.62. The third-order valence-corrected chi connectivity index (χ3v) is 2.99. The first-order valence-electron chi connectivity index (χ1n) is 5.08. The molecule has 16 heavy (non-hydrogen) atoms. The maximum absolute atomic E-state index is 12.8. The Kier molecular flexibility index (Phi) is 3.12. The van der Waals surface area contributed by atoms with E-state index >= 15 is 0 Å². The molecule has 0 bridgehead atoms. The van der Waals surface area contributed by atoms with E-state index in [-0.39, 0.29) is 17.0 Å². The van der Waals surface area contributed by atoms with Crippen LogP contribution in [-0.2, 0) is 0 Å². The molecule has 0 saturated carbocycles. The van der Waals surface area contributed by atoms with Crippen LogP contribution < -0.4 is 5.73 Å². The molecule has 2 N–H and O–H groups in total. The van der Waals surface area contributed by atoms with Gasteiger partial charge in [-0.1, -0.05) is 11.6 Å². The number of rotatable bonds is 1. The van der Waals surface area contributed by atoms with Crippen LogP contribution >= 0.6 is 11.6 Å². The summed E-state index contributed by atoms with van der Waals surface area (Å²) in [6, 6.07) is 3.81. The highest BCUT2D eigenvalue weighted by atomic mass is 35.5. The van der Waals surface area contributed by atoms with Crippen molar-refractivity contribution in [1.29, 1.82) is 0 Å². The molecule has 0 spiro atoms. The summed E-state index contributed by atoms with van der Waals surface area (Å²) in [5.41, 5.74) is 6.05. The monoisotopic (exact) mass is 242 g/mol. The van der Waals surface area contributed by atoms with Crippen molar-refractivity contribution < 1.29 is 9.18 Å². The van der Waals surface area contributed by atoms with Crippen LogP contribution in [-0.4, -0.2) is 29.9 Å². The number of halogens is 2. The van der Waals surface area contributed by atoms with E-state index in [1.807, 2.05) is 0 Å². The van der Waals surface area contributed by atoms with Crippen molar-refractivity contribution in [3.8, 4) is 0 Å². The van der Waals surface area contributed by atoms with E-state index in [0.29, 0.717) is 18.7 Å². The van der Waals surface area contributed by atoms with Gasteiger partial charge in [0.25, 0.3) is 5.91 Å². The lowest BCUT2D eigenvalue weighted by Gasteiger charge is -2.16. The van der Waals surface area contributed by atoms with Gasteiger partial charge in [0, 0.05) is 19.1 Å². The standard InChI is InChI=1S/C11H12ClFN2O/c12-10-5-7(13)1-2-9(10)11(16)15-4-3-8(14)6-15/h1-2,5,8H,3-4,6,14H2. The molecule has 0 radical (unpaired) electrons. The van der Waals surface area contributed by atoms with Gasteiger partial charge in [0.15, 0.2) is 0 Å². The predicted octanol–water partition coefficient (Wildman–Crippen LogP) is 1.65. The van der Waals surface area contributed by atoms with Crippen LogP contribution in [0.15, 0.2) is 18.2 Å². The lowest BCUT2D eigenvalue weighted by molar-refractivity contribution is 0.0791. The zero-order chi connectivity index (χ0) is 11.7. The number of nitrogens with two attached hydrogens (primary N) is 1. The summed E-state index contributed by atoms with van der Waals surface area (Å²) in [5, 5.41) is 0.144.